The molecule has 3 aromatic heterocycles. The third-order valence-electron chi connectivity index (χ3n) is 5.66. The summed E-state index contributed by atoms with van der Waals surface area (Å²) in [4.78, 5) is 18.1. The Bertz CT molecular complexity index is 1410. The van der Waals surface area contributed by atoms with Crippen molar-refractivity contribution in [1.29, 1.82) is 0 Å². The van der Waals surface area contributed by atoms with Gasteiger partial charge in [-0.1, -0.05) is 54.6 Å². The van der Waals surface area contributed by atoms with E-state index >= 15 is 0 Å². The Morgan fingerprint density at radius 3 is 2.32 bits per heavy atom. The number of fused-ring (bicyclic) bond motifs is 1. The van der Waals surface area contributed by atoms with Crippen LogP contribution < -0.4 is 10.9 Å². The van der Waals surface area contributed by atoms with Crippen LogP contribution >= 0.6 is 0 Å². The SMILES string of the molecule is Cc1c(NCc2c(-c3ccccc3)nc3ccccn23)c(=O)n(-c2ccccc2)n1C. The standard InChI is InChI=1S/C25H23N5O/c1-18-23(25(31)30(28(18)2)20-13-7-4-8-14-20)26-17-21-24(19-11-5-3-6-12-19)27-22-15-9-10-16-29(21)22/h3-16,26H,17H2,1-2H3. The Labute approximate surface area is 180 Å². The first-order chi connectivity index (χ1) is 15.1. The van der Waals surface area contributed by atoms with E-state index in [4.69, 9.17) is 4.98 Å². The van der Waals surface area contributed by atoms with Gasteiger partial charge in [-0.15, -0.1) is 0 Å². The smallest absolute Gasteiger partial charge is 0.295 e. The first-order valence-corrected chi connectivity index (χ1v) is 10.2. The molecule has 0 atom stereocenters. The van der Waals surface area contributed by atoms with Gasteiger partial charge < -0.3 is 9.72 Å². The van der Waals surface area contributed by atoms with Gasteiger partial charge in [0, 0.05) is 18.8 Å². The second kappa shape index (κ2) is 7.65. The number of aromatic nitrogens is 4. The van der Waals surface area contributed by atoms with Gasteiger partial charge in [-0.05, 0) is 31.2 Å². The van der Waals surface area contributed by atoms with Crippen LogP contribution in [0, 0.1) is 6.92 Å². The monoisotopic (exact) mass is 409 g/mol. The molecule has 0 amide bonds. The maximum atomic E-state index is 13.2. The number of pyridine rings is 1. The molecule has 5 aromatic rings. The second-order valence-electron chi connectivity index (χ2n) is 7.49. The van der Waals surface area contributed by atoms with Crippen molar-refractivity contribution in [3.05, 3.63) is 107 Å². The van der Waals surface area contributed by atoms with Gasteiger partial charge in [-0.3, -0.25) is 9.48 Å². The topological polar surface area (TPSA) is 56.3 Å². The van der Waals surface area contributed by atoms with Gasteiger partial charge in [0.2, 0.25) is 0 Å². The molecule has 0 aliphatic carbocycles. The molecule has 5 rings (SSSR count). The molecule has 0 spiro atoms. The zero-order valence-electron chi connectivity index (χ0n) is 17.5. The largest absolute Gasteiger partial charge is 0.373 e. The van der Waals surface area contributed by atoms with Gasteiger partial charge in [0.1, 0.15) is 11.3 Å². The molecule has 0 aliphatic rings. The number of nitrogens with zero attached hydrogens (tertiary/aromatic N) is 4. The van der Waals surface area contributed by atoms with Crippen LogP contribution in [0.3, 0.4) is 0 Å². The summed E-state index contributed by atoms with van der Waals surface area (Å²) in [5.74, 6) is 0. The van der Waals surface area contributed by atoms with Gasteiger partial charge in [0.15, 0.2) is 0 Å². The van der Waals surface area contributed by atoms with Crippen molar-refractivity contribution in [2.75, 3.05) is 5.32 Å². The van der Waals surface area contributed by atoms with E-state index in [0.29, 0.717) is 12.2 Å². The van der Waals surface area contributed by atoms with Crippen LogP contribution in [0.1, 0.15) is 11.4 Å². The van der Waals surface area contributed by atoms with Crippen LogP contribution in [-0.2, 0) is 13.6 Å². The van der Waals surface area contributed by atoms with Crippen molar-refractivity contribution in [2.24, 2.45) is 7.05 Å². The van der Waals surface area contributed by atoms with Crippen molar-refractivity contribution in [3.63, 3.8) is 0 Å². The Morgan fingerprint density at radius 2 is 1.58 bits per heavy atom. The van der Waals surface area contributed by atoms with Crippen LogP contribution in [0.2, 0.25) is 0 Å². The lowest BCUT2D eigenvalue weighted by Crippen LogP contribution is -2.21. The Hall–Kier alpha value is -4.06. The van der Waals surface area contributed by atoms with Gasteiger partial charge in [0.05, 0.1) is 29.3 Å². The Kier molecular flexibility index (Phi) is 4.67. The molecule has 0 bridgehead atoms. The van der Waals surface area contributed by atoms with Gasteiger partial charge >= 0.3 is 0 Å². The number of rotatable bonds is 5. The molecule has 0 saturated carbocycles. The normalized spacial score (nSPS) is 11.2. The van der Waals surface area contributed by atoms with Crippen molar-refractivity contribution >= 4 is 11.3 Å². The minimum absolute atomic E-state index is 0.0683. The second-order valence-corrected chi connectivity index (χ2v) is 7.49. The van der Waals surface area contributed by atoms with E-state index in [1.165, 1.54) is 0 Å². The van der Waals surface area contributed by atoms with Crippen LogP contribution in [0.25, 0.3) is 22.6 Å². The fraction of sp³-hybridized carbons (Fsp3) is 0.120. The molecular weight excluding hydrogens is 386 g/mol. The van der Waals surface area contributed by atoms with Crippen molar-refractivity contribution in [2.45, 2.75) is 13.5 Å². The molecule has 0 unspecified atom stereocenters. The molecule has 6 nitrogen and oxygen atoms in total. The number of benzene rings is 2. The molecule has 31 heavy (non-hydrogen) atoms. The number of nitrogens with one attached hydrogen (secondary N) is 1. The summed E-state index contributed by atoms with van der Waals surface area (Å²) in [6.45, 7) is 2.43. The van der Waals surface area contributed by atoms with Crippen molar-refractivity contribution in [3.8, 4) is 16.9 Å². The predicted molar refractivity (Wildman–Crippen MR) is 124 cm³/mol. The average molecular weight is 409 g/mol. The number of hydrogen-bond acceptors (Lipinski definition) is 3. The molecule has 6 heteroatoms. The maximum absolute atomic E-state index is 13.2. The summed E-state index contributed by atoms with van der Waals surface area (Å²) in [6.07, 6.45) is 2.01. The molecule has 3 heterocycles. The van der Waals surface area contributed by atoms with Crippen LogP contribution in [0.4, 0.5) is 5.69 Å². The van der Waals surface area contributed by atoms with Crippen LogP contribution in [0.5, 0.6) is 0 Å². The fourth-order valence-electron chi connectivity index (χ4n) is 3.99. The zero-order valence-corrected chi connectivity index (χ0v) is 17.5. The summed E-state index contributed by atoms with van der Waals surface area (Å²) < 4.78 is 5.64. The summed E-state index contributed by atoms with van der Waals surface area (Å²) in [7, 11) is 1.90. The molecule has 0 fully saturated rings. The minimum atomic E-state index is -0.0683. The Balaban J connectivity index is 1.57. The molecule has 0 radical (unpaired) electrons. The van der Waals surface area contributed by atoms with Crippen LogP contribution in [0.15, 0.2) is 89.9 Å². The van der Waals surface area contributed by atoms with Crippen molar-refractivity contribution < 1.29 is 0 Å². The number of anilines is 1. The van der Waals surface area contributed by atoms with E-state index in [9.17, 15) is 4.79 Å². The highest BCUT2D eigenvalue weighted by atomic mass is 16.1. The van der Waals surface area contributed by atoms with Gasteiger partial charge in [-0.2, -0.15) is 0 Å². The zero-order chi connectivity index (χ0) is 21.4. The van der Waals surface area contributed by atoms with E-state index in [-0.39, 0.29) is 5.56 Å². The first kappa shape index (κ1) is 18.9. The van der Waals surface area contributed by atoms with E-state index < -0.39 is 0 Å². The first-order valence-electron chi connectivity index (χ1n) is 10.2. The lowest BCUT2D eigenvalue weighted by Gasteiger charge is -2.08. The fourth-order valence-corrected chi connectivity index (χ4v) is 3.99. The van der Waals surface area contributed by atoms with Gasteiger partial charge in [0.25, 0.3) is 5.56 Å². The molecule has 154 valence electrons. The van der Waals surface area contributed by atoms with E-state index in [2.05, 4.69) is 21.9 Å². The lowest BCUT2D eigenvalue weighted by molar-refractivity contribution is 0.630. The number of para-hydroxylation sites is 1. The molecule has 0 aliphatic heterocycles. The summed E-state index contributed by atoms with van der Waals surface area (Å²) >= 11 is 0. The molecule has 2 aromatic carbocycles. The average Bonchev–Trinajstić information content (AvgIpc) is 3.28. The summed E-state index contributed by atoms with van der Waals surface area (Å²) in [5.41, 5.74) is 6.10. The molecule has 1 N–H and O–H groups in total. The van der Waals surface area contributed by atoms with Crippen molar-refractivity contribution in [1.82, 2.24) is 18.7 Å². The maximum Gasteiger partial charge on any atom is 0.295 e. The van der Waals surface area contributed by atoms with Gasteiger partial charge in [-0.25, -0.2) is 9.67 Å². The predicted octanol–water partition coefficient (Wildman–Crippen LogP) is 4.41. The number of imidazole rings is 1. The third kappa shape index (κ3) is 3.22. The molecule has 0 saturated heterocycles. The van der Waals surface area contributed by atoms with E-state index in [0.717, 1.165) is 34.0 Å². The summed E-state index contributed by atoms with van der Waals surface area (Å²) in [6, 6.07) is 25.8. The highest BCUT2D eigenvalue weighted by Crippen LogP contribution is 2.25. The highest BCUT2D eigenvalue weighted by molar-refractivity contribution is 5.67. The van der Waals surface area contributed by atoms with E-state index in [1.54, 1.807) is 4.68 Å². The molecular formula is C25H23N5O. The third-order valence-corrected chi connectivity index (χ3v) is 5.66. The number of hydrogen-bond donors (Lipinski definition) is 1. The Morgan fingerprint density at radius 1 is 0.903 bits per heavy atom. The minimum Gasteiger partial charge on any atom is -0.373 e. The van der Waals surface area contributed by atoms with Crippen LogP contribution in [-0.4, -0.2) is 18.7 Å². The summed E-state index contributed by atoms with van der Waals surface area (Å²) in [5, 5.41) is 3.40. The highest BCUT2D eigenvalue weighted by Gasteiger charge is 2.18. The quantitative estimate of drug-likeness (QED) is 0.468. The van der Waals surface area contributed by atoms with E-state index in [1.807, 2.05) is 91.6 Å². The lowest BCUT2D eigenvalue weighted by atomic mass is 10.1.